The molecule has 1 aromatic carbocycles. The van der Waals surface area contributed by atoms with Gasteiger partial charge in [-0.25, -0.2) is 0 Å². The van der Waals surface area contributed by atoms with Gasteiger partial charge in [0.15, 0.2) is 11.5 Å². The molecule has 3 rings (SSSR count). The first kappa shape index (κ1) is 12.1. The van der Waals surface area contributed by atoms with E-state index in [9.17, 15) is 9.90 Å². The second-order valence-corrected chi connectivity index (χ2v) is 5.02. The number of carbonyl (C=O) groups is 1. The van der Waals surface area contributed by atoms with Gasteiger partial charge in [-0.3, -0.25) is 4.79 Å². The minimum absolute atomic E-state index is 0.231. The molecule has 2 aliphatic heterocycles. The van der Waals surface area contributed by atoms with Crippen molar-refractivity contribution < 1.29 is 19.4 Å². The quantitative estimate of drug-likeness (QED) is 0.821. The number of nitrogens with two attached hydrogens (primary N) is 1. The van der Waals surface area contributed by atoms with E-state index in [2.05, 4.69) is 0 Å². The smallest absolute Gasteiger partial charge is 0.325 e. The summed E-state index contributed by atoms with van der Waals surface area (Å²) in [5.74, 6) is 0.469. The van der Waals surface area contributed by atoms with Crippen LogP contribution in [0.5, 0.6) is 11.5 Å². The topological polar surface area (TPSA) is 85.0 Å². The number of hydrogen-bond donors (Lipinski definition) is 2. The number of carboxylic acids is 1. The highest BCUT2D eigenvalue weighted by Gasteiger charge is 2.38. The van der Waals surface area contributed by atoms with Gasteiger partial charge in [0, 0.05) is 24.8 Å². The number of hydrogen-bond acceptors (Lipinski definition) is 5. The molecular formula is C13H16N2O4. The molecule has 102 valence electrons. The van der Waals surface area contributed by atoms with E-state index < -0.39 is 11.5 Å². The molecule has 3 N–H and O–H groups in total. The first-order chi connectivity index (χ1) is 9.08. The van der Waals surface area contributed by atoms with Crippen LogP contribution in [0.2, 0.25) is 0 Å². The van der Waals surface area contributed by atoms with Gasteiger partial charge in [-0.2, -0.15) is 0 Å². The molecule has 1 fully saturated rings. The summed E-state index contributed by atoms with van der Waals surface area (Å²) in [6.45, 7) is 1.34. The van der Waals surface area contributed by atoms with Crippen molar-refractivity contribution in [3.63, 3.8) is 0 Å². The van der Waals surface area contributed by atoms with E-state index in [-0.39, 0.29) is 6.79 Å². The van der Waals surface area contributed by atoms with Gasteiger partial charge in [-0.1, -0.05) is 0 Å². The summed E-state index contributed by atoms with van der Waals surface area (Å²) in [5.41, 5.74) is 5.69. The van der Waals surface area contributed by atoms with E-state index in [1.165, 1.54) is 0 Å². The van der Waals surface area contributed by atoms with E-state index in [1.54, 1.807) is 0 Å². The third-order valence-corrected chi connectivity index (χ3v) is 3.67. The first-order valence-electron chi connectivity index (χ1n) is 6.25. The lowest BCUT2D eigenvalue weighted by molar-refractivity contribution is -0.143. The Hall–Kier alpha value is -1.95. The number of piperidine rings is 1. The molecule has 0 aromatic heterocycles. The lowest BCUT2D eigenvalue weighted by Crippen LogP contribution is -2.59. The Labute approximate surface area is 110 Å². The number of fused-ring (bicyclic) bond motifs is 1. The van der Waals surface area contributed by atoms with Gasteiger partial charge in [-0.05, 0) is 25.0 Å². The highest BCUT2D eigenvalue weighted by molar-refractivity contribution is 5.80. The Morgan fingerprint density at radius 2 is 2.16 bits per heavy atom. The summed E-state index contributed by atoms with van der Waals surface area (Å²) >= 11 is 0. The molecule has 1 unspecified atom stereocenters. The van der Waals surface area contributed by atoms with Crippen LogP contribution in [0.3, 0.4) is 0 Å². The van der Waals surface area contributed by atoms with Gasteiger partial charge >= 0.3 is 5.97 Å². The number of anilines is 1. The number of ether oxygens (including phenoxy) is 2. The Morgan fingerprint density at radius 1 is 1.37 bits per heavy atom. The van der Waals surface area contributed by atoms with Crippen LogP contribution in [0.4, 0.5) is 5.69 Å². The van der Waals surface area contributed by atoms with Crippen LogP contribution in [0.1, 0.15) is 12.8 Å². The Balaban J connectivity index is 1.84. The minimum Gasteiger partial charge on any atom is -0.480 e. The van der Waals surface area contributed by atoms with Crippen LogP contribution in [0, 0.1) is 0 Å². The number of rotatable bonds is 2. The average Bonchev–Trinajstić information content (AvgIpc) is 2.85. The van der Waals surface area contributed by atoms with Crippen LogP contribution >= 0.6 is 0 Å². The standard InChI is InChI=1S/C13H16N2O4/c14-13(12(16)17)4-1-5-15(7-13)9-2-3-10-11(6-9)19-8-18-10/h2-3,6H,1,4-5,7-8,14H2,(H,16,17). The normalized spacial score (nSPS) is 25.4. The number of benzene rings is 1. The lowest BCUT2D eigenvalue weighted by Gasteiger charge is -2.38. The maximum atomic E-state index is 11.2. The van der Waals surface area contributed by atoms with Crippen molar-refractivity contribution in [3.8, 4) is 11.5 Å². The van der Waals surface area contributed by atoms with Gasteiger partial charge in [0.25, 0.3) is 0 Å². The largest absolute Gasteiger partial charge is 0.480 e. The molecule has 19 heavy (non-hydrogen) atoms. The van der Waals surface area contributed by atoms with Crippen molar-refractivity contribution in [2.24, 2.45) is 5.73 Å². The van der Waals surface area contributed by atoms with Crippen molar-refractivity contribution in [1.82, 2.24) is 0 Å². The van der Waals surface area contributed by atoms with E-state index >= 15 is 0 Å². The van der Waals surface area contributed by atoms with E-state index in [4.69, 9.17) is 15.2 Å². The Kier molecular flexibility index (Phi) is 2.74. The van der Waals surface area contributed by atoms with Gasteiger partial charge in [0.2, 0.25) is 6.79 Å². The third-order valence-electron chi connectivity index (χ3n) is 3.67. The fourth-order valence-corrected chi connectivity index (χ4v) is 2.56. The second kappa shape index (κ2) is 4.31. The average molecular weight is 264 g/mol. The monoisotopic (exact) mass is 264 g/mol. The maximum absolute atomic E-state index is 11.2. The zero-order chi connectivity index (χ0) is 13.5. The van der Waals surface area contributed by atoms with Crippen molar-refractivity contribution in [1.29, 1.82) is 0 Å². The van der Waals surface area contributed by atoms with Crippen LogP contribution < -0.4 is 20.1 Å². The zero-order valence-corrected chi connectivity index (χ0v) is 10.5. The molecule has 0 saturated carbocycles. The number of carboxylic acid groups (broad SMARTS) is 1. The van der Waals surface area contributed by atoms with Crippen molar-refractivity contribution in [3.05, 3.63) is 18.2 Å². The highest BCUT2D eigenvalue weighted by Crippen LogP contribution is 2.36. The number of aliphatic carboxylic acids is 1. The fraction of sp³-hybridized carbons (Fsp3) is 0.462. The van der Waals surface area contributed by atoms with E-state index in [0.717, 1.165) is 24.4 Å². The Morgan fingerprint density at radius 3 is 2.95 bits per heavy atom. The van der Waals surface area contributed by atoms with Gasteiger partial charge < -0.3 is 25.2 Å². The molecule has 0 amide bonds. The maximum Gasteiger partial charge on any atom is 0.325 e. The van der Waals surface area contributed by atoms with Crippen molar-refractivity contribution in [2.45, 2.75) is 18.4 Å². The molecule has 1 atom stereocenters. The van der Waals surface area contributed by atoms with Crippen LogP contribution in [0.15, 0.2) is 18.2 Å². The molecule has 1 aromatic rings. The van der Waals surface area contributed by atoms with Crippen molar-refractivity contribution in [2.75, 3.05) is 24.8 Å². The summed E-state index contributed by atoms with van der Waals surface area (Å²) in [6, 6.07) is 5.61. The fourth-order valence-electron chi connectivity index (χ4n) is 2.56. The van der Waals surface area contributed by atoms with Crippen molar-refractivity contribution >= 4 is 11.7 Å². The molecule has 0 radical (unpaired) electrons. The predicted octanol–water partition coefficient (Wildman–Crippen LogP) is 0.798. The molecule has 2 heterocycles. The second-order valence-electron chi connectivity index (χ2n) is 5.02. The van der Waals surface area contributed by atoms with E-state index in [1.807, 2.05) is 23.1 Å². The first-order valence-corrected chi connectivity index (χ1v) is 6.25. The lowest BCUT2D eigenvalue weighted by atomic mass is 9.90. The molecular weight excluding hydrogens is 248 g/mol. The van der Waals surface area contributed by atoms with Gasteiger partial charge in [0.1, 0.15) is 5.54 Å². The van der Waals surface area contributed by atoms with Crippen LogP contribution in [-0.2, 0) is 4.79 Å². The summed E-state index contributed by atoms with van der Waals surface area (Å²) in [7, 11) is 0. The molecule has 0 spiro atoms. The molecule has 0 bridgehead atoms. The summed E-state index contributed by atoms with van der Waals surface area (Å²) < 4.78 is 10.6. The highest BCUT2D eigenvalue weighted by atomic mass is 16.7. The molecule has 6 heteroatoms. The SMILES string of the molecule is NC1(C(=O)O)CCCN(c2ccc3c(c2)OCO3)C1. The molecule has 0 aliphatic carbocycles. The summed E-state index contributed by atoms with van der Waals surface area (Å²) in [6.07, 6.45) is 1.26. The Bertz CT molecular complexity index is 519. The van der Waals surface area contributed by atoms with Crippen LogP contribution in [0.25, 0.3) is 0 Å². The van der Waals surface area contributed by atoms with Gasteiger partial charge in [-0.15, -0.1) is 0 Å². The van der Waals surface area contributed by atoms with E-state index in [0.29, 0.717) is 18.7 Å². The summed E-state index contributed by atoms with van der Waals surface area (Å²) in [4.78, 5) is 13.2. The molecule has 1 saturated heterocycles. The molecule has 6 nitrogen and oxygen atoms in total. The number of nitrogens with zero attached hydrogens (tertiary/aromatic N) is 1. The van der Waals surface area contributed by atoms with Crippen LogP contribution in [-0.4, -0.2) is 36.5 Å². The predicted molar refractivity (Wildman–Crippen MR) is 68.6 cm³/mol. The minimum atomic E-state index is -1.17. The van der Waals surface area contributed by atoms with Gasteiger partial charge in [0.05, 0.1) is 0 Å². The zero-order valence-electron chi connectivity index (χ0n) is 10.5. The third kappa shape index (κ3) is 2.08. The summed E-state index contributed by atoms with van der Waals surface area (Å²) in [5, 5.41) is 9.22. The molecule has 2 aliphatic rings.